The minimum absolute atomic E-state index is 0. The number of carbonyl (C=O) groups excluding carboxylic acids is 8. The summed E-state index contributed by atoms with van der Waals surface area (Å²) >= 11 is 18.2. The molecule has 0 radical (unpaired) electrons. The Balaban J connectivity index is 0.000000142. The highest BCUT2D eigenvalue weighted by Crippen LogP contribution is 2.39. The van der Waals surface area contributed by atoms with E-state index in [1.54, 1.807) is 48.7 Å². The van der Waals surface area contributed by atoms with Crippen LogP contribution >= 0.6 is 47.2 Å². The van der Waals surface area contributed by atoms with E-state index in [0.29, 0.717) is 127 Å². The number of methoxy groups -OCH3 is 2. The number of anilines is 3. The molecule has 36 heteroatoms. The van der Waals surface area contributed by atoms with Crippen LogP contribution in [-0.4, -0.2) is 246 Å². The Kier molecular flexibility index (Phi) is 28.4. The van der Waals surface area contributed by atoms with Gasteiger partial charge in [0.1, 0.15) is 22.9 Å². The number of likely N-dealkylation sites (tertiary alicyclic amines) is 4. The first-order valence-corrected chi connectivity index (χ1v) is 41.0. The summed E-state index contributed by atoms with van der Waals surface area (Å²) in [5.74, 6) is 0.465. The number of ether oxygens (including phenoxy) is 2. The van der Waals surface area contributed by atoms with Gasteiger partial charge in [-0.2, -0.15) is 0 Å². The molecule has 7 amide bonds. The number of aromatic amines is 3. The molecule has 634 valence electrons. The lowest BCUT2D eigenvalue weighted by Gasteiger charge is -2.24. The number of aromatic nitrogens is 7. The molecule has 9 aromatic rings. The van der Waals surface area contributed by atoms with Gasteiger partial charge in [-0.05, 0) is 194 Å². The molecule has 4 aromatic carbocycles. The van der Waals surface area contributed by atoms with E-state index in [4.69, 9.17) is 61.5 Å². The van der Waals surface area contributed by atoms with Gasteiger partial charge in [0.05, 0.1) is 112 Å². The van der Waals surface area contributed by atoms with Crippen molar-refractivity contribution in [3.63, 3.8) is 0 Å². The second kappa shape index (κ2) is 38.6. The molecule has 120 heavy (non-hydrogen) atoms. The van der Waals surface area contributed by atoms with Crippen LogP contribution in [0.1, 0.15) is 167 Å². The number of hydrogen-bond acceptors (Lipinski definition) is 24. The molecule has 4 saturated heterocycles. The van der Waals surface area contributed by atoms with Crippen LogP contribution in [0, 0.1) is 33.8 Å². The minimum atomic E-state index is -0.647. The average molecular weight is 1720 g/mol. The first-order chi connectivity index (χ1) is 57.1. The summed E-state index contributed by atoms with van der Waals surface area (Å²) in [7, 11) is 2.95. The number of nitro groups is 1. The van der Waals surface area contributed by atoms with Crippen LogP contribution in [0.15, 0.2) is 90.1 Å². The van der Waals surface area contributed by atoms with Crippen molar-refractivity contribution in [3.8, 4) is 34.5 Å². The number of amides is 7. The second-order valence-electron chi connectivity index (χ2n) is 31.7. The zero-order chi connectivity index (χ0) is 84.8. The highest BCUT2D eigenvalue weighted by molar-refractivity contribution is 6.34. The molecule has 0 bridgehead atoms. The van der Waals surface area contributed by atoms with E-state index in [0.717, 1.165) is 89.2 Å². The molecular formula is C84H97Cl4N19O13. The fraction of sp³-hybridized carbons (Fsp3) is 0.417. The van der Waals surface area contributed by atoms with Crippen molar-refractivity contribution < 1.29 is 52.8 Å². The number of benzene rings is 4. The van der Waals surface area contributed by atoms with Gasteiger partial charge in [0.25, 0.3) is 52.6 Å². The number of nitrogens with zero attached hydrogens (tertiary/aromatic N) is 13. The van der Waals surface area contributed by atoms with Crippen LogP contribution in [0.4, 0.5) is 22.7 Å². The first kappa shape index (κ1) is 88.3. The summed E-state index contributed by atoms with van der Waals surface area (Å²) in [6, 6.07) is 17.3. The molecule has 4 unspecified atom stereocenters. The third kappa shape index (κ3) is 19.4. The van der Waals surface area contributed by atoms with Crippen molar-refractivity contribution in [3.05, 3.63) is 171 Å². The number of aldehydes is 1. The number of nitrogen functional groups attached to an aromatic ring is 3. The number of rotatable bonds is 22. The van der Waals surface area contributed by atoms with Gasteiger partial charge in [-0.15, -0.1) is 12.4 Å². The van der Waals surface area contributed by atoms with Gasteiger partial charge in [0, 0.05) is 89.1 Å². The predicted octanol–water partition coefficient (Wildman–Crippen LogP) is 11.5. The summed E-state index contributed by atoms with van der Waals surface area (Å²) in [5, 5.41) is 12.0. The van der Waals surface area contributed by atoms with Crippen LogP contribution in [0.5, 0.6) is 11.8 Å². The molecule has 13 heterocycles. The SMILES string of the molecule is CC(CN1CCCC1)CN1C(=O)c2cc(N)c([N+](=O)[O-])cc2C1=O.CC(CN1CCCC1)CN1C(=O)c2cc3nc(-c4c(Cl)cc[nH]c4=O)[nH]c3cc2C1=O.CC(CN1CCCC1)CN1Cc2cc(N)c(N)cc2C1=O.COc1nccc(Cl)c1-c1nc2cc3c(cc2[nH]1)C(=O)N(CC(C)CN1CCCC1)C3=O.COc1nccc(Cl)c1C=O.Cl. The van der Waals surface area contributed by atoms with Crippen LogP contribution in [0.2, 0.25) is 15.1 Å². The molecule has 32 nitrogen and oxygen atoms in total. The van der Waals surface area contributed by atoms with E-state index >= 15 is 0 Å². The van der Waals surface area contributed by atoms with Crippen molar-refractivity contribution in [2.45, 2.75) is 85.6 Å². The van der Waals surface area contributed by atoms with Gasteiger partial charge in [-0.25, -0.2) is 19.9 Å². The molecule has 9 N–H and O–H groups in total. The monoisotopic (exact) mass is 1720 g/mol. The fourth-order valence-electron chi connectivity index (χ4n) is 16.8. The number of nitro benzene ring substituents is 1. The molecule has 0 spiro atoms. The zero-order valence-corrected chi connectivity index (χ0v) is 70.6. The number of imide groups is 3. The van der Waals surface area contributed by atoms with E-state index in [2.05, 4.69) is 75.3 Å². The Morgan fingerprint density at radius 1 is 0.475 bits per heavy atom. The Morgan fingerprint density at radius 2 is 0.850 bits per heavy atom. The lowest BCUT2D eigenvalue weighted by molar-refractivity contribution is -0.383. The maximum absolute atomic E-state index is 13.1. The predicted molar refractivity (Wildman–Crippen MR) is 459 cm³/mol. The lowest BCUT2D eigenvalue weighted by Crippen LogP contribution is -2.37. The number of imidazole rings is 2. The summed E-state index contributed by atoms with van der Waals surface area (Å²) < 4.78 is 10.1. The standard InChI is InChI=1S/C23H24ClN5O3.C22H22ClN5O3.C16H20N4O4.C16H24N4O.C7H6ClNO2.ClH/c1-13(11-28-7-3-4-8-28)12-29-22(30)14-9-17-18(10-15(14)23(29)31)27-20(26-17)19-16(24)5-6-25-21(19)32-2;1-12(10-27-6-2-3-7-27)11-28-21(30)13-8-16-17(9-14(13)22(28)31)26-19(25-16)18-15(23)4-5-24-20(18)29;1-10(8-18-4-2-3-5-18)9-19-15(21)11-6-13(17)14(20(23)24)7-12(11)16(19)22;1-11(8-19-4-2-3-5-19)9-20-10-12-6-14(17)15(18)7-13(12)16(20)21;1-11-7-5(4-10)6(8)2-3-9-7;/h5-6,9-10,13H,3-4,7-8,11-12H2,1-2H3,(H,26,27);4-5,8-9,12H,2-3,6-7,10-11H2,1H3,(H,24,29)(H,25,26);6-7,10H,2-5,8-9,17H2,1H3;6-7,11H,2-5,8-10,17-18H2,1H3;2-4H,1H3;1H. The Labute approximate surface area is 713 Å². The van der Waals surface area contributed by atoms with Gasteiger partial charge in [-0.1, -0.05) is 62.5 Å². The van der Waals surface area contributed by atoms with Crippen molar-refractivity contribution in [1.29, 1.82) is 0 Å². The van der Waals surface area contributed by atoms with Crippen molar-refractivity contribution in [2.75, 3.05) is 136 Å². The Hall–Kier alpha value is -11.0. The third-order valence-corrected chi connectivity index (χ3v) is 23.3. The Bertz CT molecular complexity index is 5380. The number of nitrogens with one attached hydrogen (secondary N) is 3. The highest BCUT2D eigenvalue weighted by Gasteiger charge is 2.42. The van der Waals surface area contributed by atoms with Crippen LogP contribution in [0.3, 0.4) is 0 Å². The largest absolute Gasteiger partial charge is 0.480 e. The molecule has 8 aliphatic rings. The van der Waals surface area contributed by atoms with Crippen molar-refractivity contribution in [2.24, 2.45) is 23.7 Å². The quantitative estimate of drug-likeness (QED) is 0.0121. The van der Waals surface area contributed by atoms with E-state index in [9.17, 15) is 53.3 Å². The number of pyridine rings is 3. The normalized spacial score (nSPS) is 17.4. The molecule has 0 saturated carbocycles. The molecule has 5 aromatic heterocycles. The maximum Gasteiger partial charge on any atom is 0.292 e. The van der Waals surface area contributed by atoms with Crippen LogP contribution in [-0.2, 0) is 6.54 Å². The average Bonchev–Trinajstić information content (AvgIpc) is 1.60. The van der Waals surface area contributed by atoms with Gasteiger partial charge < -0.3 is 66.1 Å². The summed E-state index contributed by atoms with van der Waals surface area (Å²) in [6.07, 6.45) is 14.9. The van der Waals surface area contributed by atoms with E-state index in [1.807, 2.05) is 17.9 Å². The first-order valence-electron chi connectivity index (χ1n) is 39.9. The molecular weight excluding hydrogens is 1620 g/mol. The number of fused-ring (bicyclic) bond motifs is 6. The Morgan fingerprint density at radius 3 is 1.27 bits per heavy atom. The number of H-pyrrole nitrogens is 3. The maximum atomic E-state index is 13.1. The van der Waals surface area contributed by atoms with Crippen LogP contribution in [0.25, 0.3) is 44.8 Å². The van der Waals surface area contributed by atoms with Crippen molar-refractivity contribution in [1.82, 2.24) is 74.1 Å². The number of hydrogen-bond donors (Lipinski definition) is 6. The summed E-state index contributed by atoms with van der Waals surface area (Å²) in [4.78, 5) is 164. The lowest BCUT2D eigenvalue weighted by atomic mass is 10.1. The molecule has 17 rings (SSSR count). The second-order valence-corrected chi connectivity index (χ2v) is 32.9. The van der Waals surface area contributed by atoms with E-state index in [-0.39, 0.29) is 110 Å². The third-order valence-electron chi connectivity index (χ3n) is 22.4. The topological polar surface area (TPSA) is 418 Å². The van der Waals surface area contributed by atoms with Gasteiger partial charge in [-0.3, -0.25) is 68.0 Å². The van der Waals surface area contributed by atoms with Crippen molar-refractivity contribution >= 4 is 140 Å². The summed E-state index contributed by atoms with van der Waals surface area (Å²) in [6.45, 7) is 23.5. The minimum Gasteiger partial charge on any atom is -0.480 e. The number of halogens is 4. The summed E-state index contributed by atoms with van der Waals surface area (Å²) in [5.41, 5.74) is 24.3. The van der Waals surface area contributed by atoms with Gasteiger partial charge >= 0.3 is 0 Å². The van der Waals surface area contributed by atoms with Gasteiger partial charge in [0.15, 0.2) is 6.29 Å². The fourth-order valence-corrected chi connectivity index (χ4v) is 17.4. The number of carbonyl (C=O) groups is 8. The molecule has 8 aliphatic heterocycles. The number of nitrogens with two attached hydrogens (primary N) is 3. The van der Waals surface area contributed by atoms with E-state index in [1.165, 1.54) is 118 Å². The molecule has 4 fully saturated rings. The zero-order valence-electron chi connectivity index (χ0n) is 67.5. The van der Waals surface area contributed by atoms with Crippen LogP contribution < -0.4 is 32.2 Å². The van der Waals surface area contributed by atoms with E-state index < -0.39 is 16.7 Å². The smallest absolute Gasteiger partial charge is 0.292 e. The molecule has 0 aliphatic carbocycles. The molecule has 4 atom stereocenters. The highest BCUT2D eigenvalue weighted by atomic mass is 35.5. The van der Waals surface area contributed by atoms with Gasteiger partial charge in [0.2, 0.25) is 11.8 Å².